The molecular formula is C37H50N10O9. The van der Waals surface area contributed by atoms with Gasteiger partial charge in [0.1, 0.15) is 18.1 Å². The number of para-hydroxylation sites is 2. The highest BCUT2D eigenvalue weighted by Gasteiger charge is 2.39. The molecule has 1 aliphatic rings. The number of aliphatic hydroxyl groups excluding tert-OH is 1. The van der Waals surface area contributed by atoms with E-state index in [1.54, 1.807) is 36.4 Å². The normalized spacial score (nSPS) is 16.0. The number of nitrogens with one attached hydrogen (secondary N) is 5. The molecule has 56 heavy (non-hydrogen) atoms. The van der Waals surface area contributed by atoms with E-state index in [2.05, 4.69) is 31.2 Å². The summed E-state index contributed by atoms with van der Waals surface area (Å²) in [6.07, 6.45) is 0.328. The van der Waals surface area contributed by atoms with Crippen molar-refractivity contribution in [1.82, 2.24) is 31.2 Å². The maximum atomic E-state index is 14.3. The molecule has 1 aromatic heterocycles. The molecule has 2 aromatic carbocycles. The van der Waals surface area contributed by atoms with Crippen molar-refractivity contribution in [2.75, 3.05) is 26.2 Å². The topological polar surface area (TPSA) is 318 Å². The number of amides is 5. The van der Waals surface area contributed by atoms with Crippen LogP contribution in [0.4, 0.5) is 0 Å². The summed E-state index contributed by atoms with van der Waals surface area (Å²) in [5.74, 6) is -4.76. The maximum Gasteiger partial charge on any atom is 0.328 e. The van der Waals surface area contributed by atoms with Crippen LogP contribution in [0.2, 0.25) is 0 Å². The van der Waals surface area contributed by atoms with Gasteiger partial charge in [0.15, 0.2) is 17.4 Å². The number of aromatic amines is 1. The van der Waals surface area contributed by atoms with E-state index in [1.165, 1.54) is 17.9 Å². The van der Waals surface area contributed by atoms with E-state index in [4.69, 9.17) is 17.2 Å². The molecule has 2 heterocycles. The van der Waals surface area contributed by atoms with Gasteiger partial charge >= 0.3 is 5.97 Å². The van der Waals surface area contributed by atoms with Gasteiger partial charge in [-0.2, -0.15) is 0 Å². The van der Waals surface area contributed by atoms with Crippen LogP contribution in [0, 0.1) is 0 Å². The summed E-state index contributed by atoms with van der Waals surface area (Å²) < 4.78 is 0. The van der Waals surface area contributed by atoms with Crippen molar-refractivity contribution >= 4 is 63.3 Å². The maximum absolute atomic E-state index is 14.3. The first-order valence-electron chi connectivity index (χ1n) is 18.4. The molecule has 5 amide bonds. The Hall–Kier alpha value is -6.08. The third-order valence-electron chi connectivity index (χ3n) is 9.48. The summed E-state index contributed by atoms with van der Waals surface area (Å²) >= 11 is 0. The van der Waals surface area contributed by atoms with E-state index in [0.717, 1.165) is 0 Å². The molecule has 302 valence electrons. The minimum Gasteiger partial charge on any atom is -0.480 e. The van der Waals surface area contributed by atoms with E-state index in [9.17, 15) is 43.8 Å². The first-order chi connectivity index (χ1) is 26.7. The SMILES string of the molecule is C[C@@H](O)[C@H](NC(=O)[C@H](CCCCNC(=O)CN)NC(=O)[C@@H]1CCCN1C(=O)[C@H](CCCN=C(N)N)NC(=O)c1cccc2c(=O)c3ccccc3[nH]c12)C(=O)O. The first kappa shape index (κ1) is 42.7. The van der Waals surface area contributed by atoms with Crippen LogP contribution in [0.15, 0.2) is 52.3 Å². The van der Waals surface area contributed by atoms with E-state index < -0.39 is 59.9 Å². The molecule has 0 saturated carbocycles. The lowest BCUT2D eigenvalue weighted by molar-refractivity contribution is -0.145. The van der Waals surface area contributed by atoms with Crippen molar-refractivity contribution in [3.8, 4) is 0 Å². The number of unbranched alkanes of at least 4 members (excludes halogenated alkanes) is 1. The minimum atomic E-state index is -1.66. The molecule has 3 aromatic rings. The molecule has 19 heteroatoms. The number of fused-ring (bicyclic) bond motifs is 2. The van der Waals surface area contributed by atoms with Crippen LogP contribution in [0.5, 0.6) is 0 Å². The standard InChI is InChI=1S/C37H50N10O9/c1-20(48)29(36(55)56)46-33(52)25(13-4-5-16-41-28(49)19-38)44-34(53)27-15-8-18-47(27)35(54)26(14-7-17-42-37(39)40)45-32(51)23-11-6-10-22-30(23)43-24-12-3-2-9-21(24)31(22)50/h2-3,6,9-12,20,25-27,29,48H,4-5,7-8,13-19,38H2,1H3,(H,41,49)(H,43,50)(H,44,53)(H,45,51)(H,46,52)(H,55,56)(H4,39,40,42)/t20-,25+,26+,27+,29+/m1/s1. The molecule has 0 aliphatic carbocycles. The Morgan fingerprint density at radius 3 is 2.36 bits per heavy atom. The molecule has 0 unspecified atom stereocenters. The number of carboxylic acids is 1. The van der Waals surface area contributed by atoms with Crippen molar-refractivity contribution < 1.29 is 39.0 Å². The van der Waals surface area contributed by atoms with Crippen LogP contribution < -0.4 is 43.9 Å². The van der Waals surface area contributed by atoms with Crippen molar-refractivity contribution in [3.05, 3.63) is 58.3 Å². The fourth-order valence-corrected chi connectivity index (χ4v) is 6.59. The number of rotatable bonds is 19. The summed E-state index contributed by atoms with van der Waals surface area (Å²) in [7, 11) is 0. The Kier molecular flexibility index (Phi) is 15.2. The van der Waals surface area contributed by atoms with Crippen LogP contribution in [0.1, 0.15) is 62.2 Å². The monoisotopic (exact) mass is 778 g/mol. The molecule has 0 bridgehead atoms. The summed E-state index contributed by atoms with van der Waals surface area (Å²) in [6, 6.07) is 6.46. The number of aliphatic hydroxyl groups is 1. The highest BCUT2D eigenvalue weighted by atomic mass is 16.4. The number of hydrogen-bond acceptors (Lipinski definition) is 10. The van der Waals surface area contributed by atoms with E-state index in [-0.39, 0.29) is 85.6 Å². The zero-order chi connectivity index (χ0) is 40.9. The minimum absolute atomic E-state index is 0.0365. The van der Waals surface area contributed by atoms with E-state index >= 15 is 0 Å². The molecule has 0 spiro atoms. The number of aliphatic imine (C=N–C) groups is 1. The number of pyridine rings is 1. The Balaban J connectivity index is 1.56. The highest BCUT2D eigenvalue weighted by Crippen LogP contribution is 2.22. The van der Waals surface area contributed by atoms with Gasteiger partial charge in [-0.3, -0.25) is 33.8 Å². The molecule has 0 radical (unpaired) electrons. The van der Waals surface area contributed by atoms with Gasteiger partial charge in [-0.25, -0.2) is 4.79 Å². The number of hydrogen-bond donors (Lipinski definition) is 10. The number of guanidine groups is 1. The molecule has 5 atom stereocenters. The lowest BCUT2D eigenvalue weighted by Crippen LogP contribution is -2.58. The summed E-state index contributed by atoms with van der Waals surface area (Å²) in [6.45, 7) is 1.55. The molecule has 13 N–H and O–H groups in total. The van der Waals surface area contributed by atoms with Gasteiger partial charge in [0.2, 0.25) is 23.6 Å². The van der Waals surface area contributed by atoms with E-state index in [0.29, 0.717) is 30.2 Å². The third kappa shape index (κ3) is 11.0. The van der Waals surface area contributed by atoms with Gasteiger partial charge in [-0.1, -0.05) is 18.2 Å². The fraction of sp³-hybridized carbons (Fsp3) is 0.459. The van der Waals surface area contributed by atoms with Gasteiger partial charge in [-0.05, 0) is 76.1 Å². The molecule has 1 fully saturated rings. The van der Waals surface area contributed by atoms with Crippen molar-refractivity contribution in [3.63, 3.8) is 0 Å². The smallest absolute Gasteiger partial charge is 0.328 e. The number of nitrogens with zero attached hydrogens (tertiary/aromatic N) is 2. The van der Waals surface area contributed by atoms with Crippen LogP contribution in [0.3, 0.4) is 0 Å². The number of carboxylic acid groups (broad SMARTS) is 1. The Labute approximate surface area is 321 Å². The largest absolute Gasteiger partial charge is 0.480 e. The first-order valence-corrected chi connectivity index (χ1v) is 18.4. The highest BCUT2D eigenvalue weighted by molar-refractivity contribution is 6.09. The van der Waals surface area contributed by atoms with Crippen molar-refractivity contribution in [1.29, 1.82) is 0 Å². The number of likely N-dealkylation sites (tertiary alicyclic amines) is 1. The second-order valence-electron chi connectivity index (χ2n) is 13.6. The number of aromatic nitrogens is 1. The number of aliphatic carboxylic acids is 1. The lowest BCUT2D eigenvalue weighted by Gasteiger charge is -2.30. The molecule has 4 rings (SSSR count). The van der Waals surface area contributed by atoms with Crippen LogP contribution in [0.25, 0.3) is 21.8 Å². The van der Waals surface area contributed by atoms with Crippen molar-refractivity contribution in [2.45, 2.75) is 82.1 Å². The van der Waals surface area contributed by atoms with E-state index in [1.807, 2.05) is 0 Å². The number of carbonyl (C=O) groups is 6. The van der Waals surface area contributed by atoms with Gasteiger partial charge in [0.05, 0.1) is 23.7 Å². The molecule has 19 nitrogen and oxygen atoms in total. The average Bonchev–Trinajstić information content (AvgIpc) is 3.67. The third-order valence-corrected chi connectivity index (χ3v) is 9.48. The van der Waals surface area contributed by atoms with Gasteiger partial charge < -0.3 is 58.6 Å². The van der Waals surface area contributed by atoms with Crippen LogP contribution in [-0.4, -0.2) is 118 Å². The predicted octanol–water partition coefficient (Wildman–Crippen LogP) is -1.50. The Morgan fingerprint density at radius 1 is 0.946 bits per heavy atom. The number of benzene rings is 2. The molecule has 1 aliphatic heterocycles. The average molecular weight is 779 g/mol. The van der Waals surface area contributed by atoms with Crippen LogP contribution in [-0.2, 0) is 24.0 Å². The second-order valence-corrected chi connectivity index (χ2v) is 13.6. The number of carbonyl (C=O) groups excluding carboxylic acids is 5. The van der Waals surface area contributed by atoms with Gasteiger partial charge in [0, 0.05) is 35.9 Å². The Morgan fingerprint density at radius 2 is 1.66 bits per heavy atom. The lowest BCUT2D eigenvalue weighted by atomic mass is 10.0. The fourth-order valence-electron chi connectivity index (χ4n) is 6.59. The summed E-state index contributed by atoms with van der Waals surface area (Å²) in [4.78, 5) is 100. The number of nitrogens with two attached hydrogens (primary N) is 3. The van der Waals surface area contributed by atoms with Gasteiger partial charge in [-0.15, -0.1) is 0 Å². The summed E-state index contributed by atoms with van der Waals surface area (Å²) in [5.41, 5.74) is 16.9. The molecular weight excluding hydrogens is 728 g/mol. The second kappa shape index (κ2) is 20.0. The van der Waals surface area contributed by atoms with Crippen molar-refractivity contribution in [2.24, 2.45) is 22.2 Å². The quantitative estimate of drug-likeness (QED) is 0.0288. The summed E-state index contributed by atoms with van der Waals surface area (Å²) in [5, 5.41) is 30.5. The predicted molar refractivity (Wildman–Crippen MR) is 207 cm³/mol. The number of H-pyrrole nitrogens is 1. The van der Waals surface area contributed by atoms with Gasteiger partial charge in [0.25, 0.3) is 5.91 Å². The van der Waals surface area contributed by atoms with Crippen LogP contribution >= 0.6 is 0 Å². The zero-order valence-electron chi connectivity index (χ0n) is 31.1. The zero-order valence-corrected chi connectivity index (χ0v) is 31.1. The Bertz CT molecular complexity index is 2010. The molecule has 1 saturated heterocycles.